The Balaban J connectivity index is 1.41. The van der Waals surface area contributed by atoms with Crippen molar-refractivity contribution in [3.8, 4) is 0 Å². The highest BCUT2D eigenvalue weighted by Gasteiger charge is 2.25. The second kappa shape index (κ2) is 7.41. The van der Waals surface area contributed by atoms with Gasteiger partial charge in [-0.3, -0.25) is 4.79 Å². The number of para-hydroxylation sites is 2. The number of carbonyl (C=O) groups excluding carboxylic acids is 1. The Hall–Kier alpha value is -1.85. The van der Waals surface area contributed by atoms with Crippen molar-refractivity contribution in [1.82, 2.24) is 14.5 Å². The monoisotopic (exact) mass is 431 g/mol. The molecule has 0 aliphatic carbocycles. The minimum atomic E-state index is 0.0165. The van der Waals surface area contributed by atoms with E-state index in [0.717, 1.165) is 42.5 Å². The number of aromatic nitrogens is 2. The maximum Gasteiger partial charge on any atom is 0.255 e. The van der Waals surface area contributed by atoms with Crippen LogP contribution in [-0.4, -0.2) is 33.4 Å². The summed E-state index contributed by atoms with van der Waals surface area (Å²) in [5, 5.41) is 0.505. The second-order valence-electron chi connectivity index (χ2n) is 6.75. The third-order valence-electron chi connectivity index (χ3n) is 5.04. The van der Waals surface area contributed by atoms with Crippen LogP contribution in [0, 0.1) is 5.92 Å². The summed E-state index contributed by atoms with van der Waals surface area (Å²) in [5.74, 6) is 0.567. The first-order valence-electron chi connectivity index (χ1n) is 8.76. The van der Waals surface area contributed by atoms with Crippen molar-refractivity contribution in [1.29, 1.82) is 0 Å². The minimum Gasteiger partial charge on any atom is -0.339 e. The van der Waals surface area contributed by atoms with Crippen molar-refractivity contribution in [2.75, 3.05) is 13.1 Å². The molecule has 0 radical (unpaired) electrons. The van der Waals surface area contributed by atoms with Gasteiger partial charge in [0.1, 0.15) is 0 Å². The van der Waals surface area contributed by atoms with Gasteiger partial charge >= 0.3 is 0 Å². The van der Waals surface area contributed by atoms with Gasteiger partial charge in [-0.2, -0.15) is 0 Å². The molecule has 0 bridgehead atoms. The van der Waals surface area contributed by atoms with E-state index in [9.17, 15) is 4.79 Å². The summed E-state index contributed by atoms with van der Waals surface area (Å²) >= 11 is 9.62. The van der Waals surface area contributed by atoms with Crippen molar-refractivity contribution < 1.29 is 4.79 Å². The molecule has 0 N–H and O–H groups in total. The Bertz CT molecular complexity index is 947. The van der Waals surface area contributed by atoms with Gasteiger partial charge in [0.15, 0.2) is 0 Å². The SMILES string of the molecule is O=C(c1cc(Br)ccc1Cl)N1CCC(Cn2cnc3ccccc32)CC1. The molecule has 2 heterocycles. The quantitative estimate of drug-likeness (QED) is 0.584. The van der Waals surface area contributed by atoms with Crippen LogP contribution >= 0.6 is 27.5 Å². The summed E-state index contributed by atoms with van der Waals surface area (Å²) < 4.78 is 3.09. The summed E-state index contributed by atoms with van der Waals surface area (Å²) in [7, 11) is 0. The van der Waals surface area contributed by atoms with E-state index in [1.807, 2.05) is 35.5 Å². The zero-order valence-electron chi connectivity index (χ0n) is 14.2. The van der Waals surface area contributed by atoms with Crippen molar-refractivity contribution in [3.63, 3.8) is 0 Å². The number of benzene rings is 2. The summed E-state index contributed by atoms with van der Waals surface area (Å²) in [6, 6.07) is 13.6. The molecular formula is C20H19BrClN3O. The highest BCUT2D eigenvalue weighted by Crippen LogP contribution is 2.26. The molecule has 1 amide bonds. The molecule has 1 fully saturated rings. The Labute approximate surface area is 165 Å². The number of piperidine rings is 1. The molecule has 0 unspecified atom stereocenters. The summed E-state index contributed by atoms with van der Waals surface area (Å²) in [4.78, 5) is 19.2. The van der Waals surface area contributed by atoms with Crippen molar-refractivity contribution in [2.24, 2.45) is 5.92 Å². The van der Waals surface area contributed by atoms with E-state index in [4.69, 9.17) is 11.6 Å². The molecule has 0 spiro atoms. The predicted molar refractivity (Wildman–Crippen MR) is 108 cm³/mol. The van der Waals surface area contributed by atoms with Crippen LogP contribution in [0.1, 0.15) is 23.2 Å². The van der Waals surface area contributed by atoms with E-state index in [2.05, 4.69) is 31.5 Å². The van der Waals surface area contributed by atoms with Crippen LogP contribution in [0.5, 0.6) is 0 Å². The Morgan fingerprint density at radius 3 is 2.77 bits per heavy atom. The number of amides is 1. The zero-order valence-corrected chi connectivity index (χ0v) is 16.6. The molecule has 1 aliphatic rings. The molecule has 2 aromatic carbocycles. The Morgan fingerprint density at radius 2 is 1.96 bits per heavy atom. The maximum absolute atomic E-state index is 12.8. The molecule has 4 rings (SSSR count). The molecule has 3 aromatic rings. The summed E-state index contributed by atoms with van der Waals surface area (Å²) in [6.45, 7) is 2.47. The molecule has 0 atom stereocenters. The van der Waals surface area contributed by atoms with Gasteiger partial charge in [0, 0.05) is 24.1 Å². The molecule has 1 aliphatic heterocycles. The smallest absolute Gasteiger partial charge is 0.255 e. The van der Waals surface area contributed by atoms with Crippen molar-refractivity contribution >= 4 is 44.5 Å². The number of likely N-dealkylation sites (tertiary alicyclic amines) is 1. The van der Waals surface area contributed by atoms with Gasteiger partial charge in [0.05, 0.1) is 27.9 Å². The number of nitrogens with zero attached hydrogens (tertiary/aromatic N) is 3. The standard InChI is InChI=1S/C20H19BrClN3O/c21-15-5-6-17(22)16(11-15)20(26)24-9-7-14(8-10-24)12-25-13-23-18-3-1-2-4-19(18)25/h1-6,11,13-14H,7-10,12H2. The number of imidazole rings is 1. The normalized spacial score (nSPS) is 15.5. The van der Waals surface area contributed by atoms with E-state index >= 15 is 0 Å². The number of hydrogen-bond donors (Lipinski definition) is 0. The minimum absolute atomic E-state index is 0.0165. The average molecular weight is 433 g/mol. The number of carbonyl (C=O) groups is 1. The Kier molecular flexibility index (Phi) is 5.00. The first kappa shape index (κ1) is 17.6. The predicted octanol–water partition coefficient (Wildman–Crippen LogP) is 5.00. The van der Waals surface area contributed by atoms with Crippen LogP contribution in [0.25, 0.3) is 11.0 Å². The van der Waals surface area contributed by atoms with Gasteiger partial charge in [0.2, 0.25) is 0 Å². The van der Waals surface area contributed by atoms with E-state index in [0.29, 0.717) is 16.5 Å². The molecule has 0 saturated carbocycles. The lowest BCUT2D eigenvalue weighted by molar-refractivity contribution is 0.0683. The van der Waals surface area contributed by atoms with E-state index in [1.165, 1.54) is 5.52 Å². The van der Waals surface area contributed by atoms with Crippen LogP contribution in [0.2, 0.25) is 5.02 Å². The van der Waals surface area contributed by atoms with E-state index < -0.39 is 0 Å². The molecule has 1 saturated heterocycles. The van der Waals surface area contributed by atoms with Gasteiger partial charge in [-0.05, 0) is 49.1 Å². The summed E-state index contributed by atoms with van der Waals surface area (Å²) in [5.41, 5.74) is 2.77. The number of halogens is 2. The summed E-state index contributed by atoms with van der Waals surface area (Å²) in [6.07, 6.45) is 3.90. The second-order valence-corrected chi connectivity index (χ2v) is 8.07. The first-order chi connectivity index (χ1) is 12.6. The van der Waals surface area contributed by atoms with Gasteiger partial charge in [-0.1, -0.05) is 39.7 Å². The van der Waals surface area contributed by atoms with Crippen LogP contribution in [0.15, 0.2) is 53.3 Å². The van der Waals surface area contributed by atoms with Gasteiger partial charge < -0.3 is 9.47 Å². The highest BCUT2D eigenvalue weighted by molar-refractivity contribution is 9.10. The topological polar surface area (TPSA) is 38.1 Å². The maximum atomic E-state index is 12.8. The number of fused-ring (bicyclic) bond motifs is 1. The molecule has 134 valence electrons. The first-order valence-corrected chi connectivity index (χ1v) is 9.93. The molecule has 6 heteroatoms. The van der Waals surface area contributed by atoms with Gasteiger partial charge in [-0.15, -0.1) is 0 Å². The highest BCUT2D eigenvalue weighted by atomic mass is 79.9. The average Bonchev–Trinajstić information content (AvgIpc) is 3.07. The molecule has 4 nitrogen and oxygen atoms in total. The van der Waals surface area contributed by atoms with Crippen LogP contribution in [0.4, 0.5) is 0 Å². The van der Waals surface area contributed by atoms with Crippen LogP contribution in [-0.2, 0) is 6.54 Å². The zero-order chi connectivity index (χ0) is 18.1. The Morgan fingerprint density at radius 1 is 1.19 bits per heavy atom. The van der Waals surface area contributed by atoms with Crippen LogP contribution in [0.3, 0.4) is 0 Å². The number of hydrogen-bond acceptors (Lipinski definition) is 2. The fourth-order valence-corrected chi connectivity index (χ4v) is 4.14. The van der Waals surface area contributed by atoms with E-state index in [-0.39, 0.29) is 5.91 Å². The molecular weight excluding hydrogens is 414 g/mol. The lowest BCUT2D eigenvalue weighted by Gasteiger charge is -2.32. The molecule has 26 heavy (non-hydrogen) atoms. The fourth-order valence-electron chi connectivity index (χ4n) is 3.58. The third-order valence-corrected chi connectivity index (χ3v) is 5.87. The lowest BCUT2D eigenvalue weighted by atomic mass is 9.96. The van der Waals surface area contributed by atoms with Gasteiger partial charge in [0.25, 0.3) is 5.91 Å². The van der Waals surface area contributed by atoms with Crippen molar-refractivity contribution in [3.05, 3.63) is 63.9 Å². The lowest BCUT2D eigenvalue weighted by Crippen LogP contribution is -2.39. The van der Waals surface area contributed by atoms with E-state index in [1.54, 1.807) is 12.1 Å². The number of rotatable bonds is 3. The fraction of sp³-hybridized carbons (Fsp3) is 0.300. The van der Waals surface area contributed by atoms with Crippen molar-refractivity contribution in [2.45, 2.75) is 19.4 Å². The molecule has 1 aromatic heterocycles. The third kappa shape index (κ3) is 3.51. The largest absolute Gasteiger partial charge is 0.339 e. The van der Waals surface area contributed by atoms with Crippen LogP contribution < -0.4 is 0 Å². The van der Waals surface area contributed by atoms with Gasteiger partial charge in [-0.25, -0.2) is 4.98 Å².